The van der Waals surface area contributed by atoms with Crippen molar-refractivity contribution in [1.29, 1.82) is 5.26 Å². The van der Waals surface area contributed by atoms with Crippen molar-refractivity contribution in [2.24, 2.45) is 0 Å². The van der Waals surface area contributed by atoms with Crippen LogP contribution in [-0.2, 0) is 5.41 Å². The quantitative estimate of drug-likeness (QED) is 0.215. The predicted octanol–water partition coefficient (Wildman–Crippen LogP) is 8.58. The lowest BCUT2D eigenvalue weighted by Crippen LogP contribution is -2.25. The first-order valence-corrected chi connectivity index (χ1v) is 13.4. The second-order valence-electron chi connectivity index (χ2n) is 10.5. The third-order valence-corrected chi connectivity index (χ3v) is 8.48. The molecule has 0 unspecified atom stereocenters. The molecule has 2 aromatic heterocycles. The fourth-order valence-corrected chi connectivity index (χ4v) is 6.81. The molecule has 4 heteroatoms. The highest BCUT2D eigenvalue weighted by atomic mass is 14.7. The molecule has 4 nitrogen and oxygen atoms in total. The first-order valence-electron chi connectivity index (χ1n) is 13.4. The highest BCUT2D eigenvalue weighted by Gasteiger charge is 2.51. The average molecular weight is 521 g/mol. The summed E-state index contributed by atoms with van der Waals surface area (Å²) in [7, 11) is 0. The molecule has 0 fully saturated rings. The van der Waals surface area contributed by atoms with Crippen LogP contribution in [0.2, 0.25) is 0 Å². The summed E-state index contributed by atoms with van der Waals surface area (Å²) >= 11 is 0. The van der Waals surface area contributed by atoms with Crippen molar-refractivity contribution in [3.05, 3.63) is 161 Å². The summed E-state index contributed by atoms with van der Waals surface area (Å²) in [4.78, 5) is 12.2. The van der Waals surface area contributed by atoms with Gasteiger partial charge in [-0.3, -0.25) is 9.97 Å². The van der Waals surface area contributed by atoms with E-state index in [1.807, 2.05) is 24.5 Å². The first-order chi connectivity index (χ1) is 20.2. The van der Waals surface area contributed by atoms with Crippen LogP contribution in [-0.4, -0.2) is 9.97 Å². The van der Waals surface area contributed by atoms with Gasteiger partial charge in [0.1, 0.15) is 6.07 Å². The maximum atomic E-state index is 9.48. The zero-order chi connectivity index (χ0) is 27.6. The van der Waals surface area contributed by atoms with Gasteiger partial charge < -0.3 is 0 Å². The van der Waals surface area contributed by atoms with Crippen LogP contribution in [0, 0.1) is 17.9 Å². The molecule has 2 heterocycles. The Morgan fingerprint density at radius 2 is 1.10 bits per heavy atom. The minimum atomic E-state index is -0.446. The van der Waals surface area contributed by atoms with Crippen molar-refractivity contribution >= 4 is 5.69 Å². The number of aromatic nitrogens is 2. The van der Waals surface area contributed by atoms with E-state index < -0.39 is 5.41 Å². The molecule has 4 aromatic carbocycles. The number of hydrogen-bond acceptors (Lipinski definition) is 3. The zero-order valence-corrected chi connectivity index (χ0v) is 21.8. The highest BCUT2D eigenvalue weighted by Crippen LogP contribution is 2.63. The van der Waals surface area contributed by atoms with Gasteiger partial charge in [0.15, 0.2) is 0 Å². The third kappa shape index (κ3) is 3.13. The number of benzene rings is 4. The van der Waals surface area contributed by atoms with Gasteiger partial charge in [-0.25, -0.2) is 4.85 Å². The number of fused-ring (bicyclic) bond motifs is 10. The molecule has 0 saturated carbocycles. The van der Waals surface area contributed by atoms with E-state index in [9.17, 15) is 5.26 Å². The Bertz CT molecular complexity index is 1990. The predicted molar refractivity (Wildman–Crippen MR) is 160 cm³/mol. The lowest BCUT2D eigenvalue weighted by atomic mass is 9.70. The Kier molecular flexibility index (Phi) is 4.83. The van der Waals surface area contributed by atoms with Crippen molar-refractivity contribution < 1.29 is 0 Å². The van der Waals surface area contributed by atoms with Crippen LogP contribution < -0.4 is 0 Å². The van der Waals surface area contributed by atoms with Gasteiger partial charge in [-0.2, -0.15) is 5.26 Å². The number of nitrogens with zero attached hydrogens (tertiary/aromatic N) is 4. The van der Waals surface area contributed by atoms with Gasteiger partial charge in [-0.15, -0.1) is 0 Å². The molecule has 0 N–H and O–H groups in total. The minimum Gasteiger partial charge on any atom is -0.276 e. The highest BCUT2D eigenvalue weighted by molar-refractivity contribution is 5.97. The number of rotatable bonds is 2. The van der Waals surface area contributed by atoms with E-state index in [4.69, 9.17) is 6.57 Å². The molecule has 6 aromatic rings. The number of pyridine rings is 2. The topological polar surface area (TPSA) is 53.9 Å². The molecule has 0 atom stereocenters. The molecule has 0 aliphatic heterocycles. The Labute approximate surface area is 237 Å². The van der Waals surface area contributed by atoms with E-state index in [0.29, 0.717) is 11.3 Å². The third-order valence-electron chi connectivity index (χ3n) is 8.48. The SMILES string of the molecule is [C-]#[N+]c1cncc(-c2ccc3c(c2)-c2cc(-c4cncc(C#N)c4)ccc2C32c3ccccc3-c3ccccc32)c1. The van der Waals surface area contributed by atoms with Gasteiger partial charge in [-0.05, 0) is 85.5 Å². The van der Waals surface area contributed by atoms with Gasteiger partial charge in [0, 0.05) is 30.4 Å². The number of hydrogen-bond donors (Lipinski definition) is 0. The summed E-state index contributed by atoms with van der Waals surface area (Å²) in [5.74, 6) is 0. The van der Waals surface area contributed by atoms with Crippen molar-refractivity contribution in [2.75, 3.05) is 0 Å². The molecule has 0 bridgehead atoms. The van der Waals surface area contributed by atoms with E-state index in [-0.39, 0.29) is 0 Å². The molecule has 2 aliphatic carbocycles. The molecule has 8 rings (SSSR count). The fourth-order valence-electron chi connectivity index (χ4n) is 6.81. The van der Waals surface area contributed by atoms with Gasteiger partial charge in [0.05, 0.1) is 17.6 Å². The van der Waals surface area contributed by atoms with Crippen LogP contribution >= 0.6 is 0 Å². The Morgan fingerprint density at radius 1 is 0.561 bits per heavy atom. The summed E-state index contributed by atoms with van der Waals surface area (Å²) in [6, 6.07) is 36.8. The van der Waals surface area contributed by atoms with E-state index in [1.54, 1.807) is 12.4 Å². The van der Waals surface area contributed by atoms with Crippen LogP contribution in [0.3, 0.4) is 0 Å². The van der Waals surface area contributed by atoms with Crippen molar-refractivity contribution in [2.45, 2.75) is 5.41 Å². The van der Waals surface area contributed by atoms with E-state index >= 15 is 0 Å². The summed E-state index contributed by atoms with van der Waals surface area (Å²) in [5.41, 5.74) is 14.3. The van der Waals surface area contributed by atoms with Crippen LogP contribution in [0.1, 0.15) is 27.8 Å². The Hall–Kier alpha value is -5.84. The summed E-state index contributed by atoms with van der Waals surface area (Å²) in [5, 5.41) is 9.48. The molecule has 0 amide bonds. The Balaban J connectivity index is 1.45. The second kappa shape index (κ2) is 8.58. The largest absolute Gasteiger partial charge is 0.276 e. The maximum absolute atomic E-state index is 9.48. The molecular weight excluding hydrogens is 500 g/mol. The average Bonchev–Trinajstić information content (AvgIpc) is 3.51. The minimum absolute atomic E-state index is 0.446. The van der Waals surface area contributed by atoms with Crippen LogP contribution in [0.5, 0.6) is 0 Å². The van der Waals surface area contributed by atoms with E-state index in [0.717, 1.165) is 33.4 Å². The van der Waals surface area contributed by atoms with Crippen LogP contribution in [0.25, 0.3) is 49.4 Å². The van der Waals surface area contributed by atoms with Crippen LogP contribution in [0.15, 0.2) is 122 Å². The summed E-state index contributed by atoms with van der Waals surface area (Å²) in [6.45, 7) is 7.46. The lowest BCUT2D eigenvalue weighted by molar-refractivity contribution is 0.794. The molecule has 0 saturated heterocycles. The van der Waals surface area contributed by atoms with Gasteiger partial charge in [0.2, 0.25) is 5.69 Å². The molecular formula is C37H20N4. The molecule has 1 spiro atoms. The summed E-state index contributed by atoms with van der Waals surface area (Å²) < 4.78 is 0. The maximum Gasteiger partial charge on any atom is 0.205 e. The molecule has 0 radical (unpaired) electrons. The first kappa shape index (κ1) is 23.1. The number of nitriles is 1. The zero-order valence-electron chi connectivity index (χ0n) is 21.8. The van der Waals surface area contributed by atoms with Crippen molar-refractivity contribution in [3.63, 3.8) is 0 Å². The van der Waals surface area contributed by atoms with E-state index in [1.165, 1.54) is 33.4 Å². The fraction of sp³-hybridized carbons (Fsp3) is 0.0270. The normalized spacial score (nSPS) is 13.0. The molecule has 41 heavy (non-hydrogen) atoms. The van der Waals surface area contributed by atoms with Crippen LogP contribution in [0.4, 0.5) is 5.69 Å². The summed E-state index contributed by atoms with van der Waals surface area (Å²) in [6.07, 6.45) is 6.81. The van der Waals surface area contributed by atoms with Gasteiger partial charge in [-0.1, -0.05) is 72.8 Å². The smallest absolute Gasteiger partial charge is 0.205 e. The van der Waals surface area contributed by atoms with Crippen molar-refractivity contribution in [3.8, 4) is 50.6 Å². The van der Waals surface area contributed by atoms with Gasteiger partial charge in [0.25, 0.3) is 0 Å². The van der Waals surface area contributed by atoms with Crippen molar-refractivity contribution in [1.82, 2.24) is 9.97 Å². The standard InChI is InChI=1S/C37H20N4/c1-39-28-15-27(21-41-22-28)25-11-13-36-32(17-25)31-16-24(26-14-23(18-38)19-40-20-26)10-12-35(31)37(36)33-8-4-2-6-29(33)30-7-3-5-9-34(30)37/h2-17,19-22H. The molecule has 188 valence electrons. The molecule has 2 aliphatic rings. The van der Waals surface area contributed by atoms with E-state index in [2.05, 4.69) is 106 Å². The Morgan fingerprint density at radius 3 is 1.68 bits per heavy atom. The second-order valence-corrected chi connectivity index (χ2v) is 10.5. The lowest BCUT2D eigenvalue weighted by Gasteiger charge is -2.30. The van der Waals surface area contributed by atoms with Gasteiger partial charge >= 0.3 is 0 Å². The monoisotopic (exact) mass is 520 g/mol.